The van der Waals surface area contributed by atoms with Gasteiger partial charge in [0.15, 0.2) is 0 Å². The minimum Gasteiger partial charge on any atom is -0.398 e. The average molecular weight is 196 g/mol. The maximum absolute atomic E-state index is 11.4. The van der Waals surface area contributed by atoms with Gasteiger partial charge in [-0.2, -0.15) is 0 Å². The number of hydrogen-bond acceptors (Lipinski definition) is 3. The molecule has 0 unspecified atom stereocenters. The predicted octanol–water partition coefficient (Wildman–Crippen LogP) is 0.449. The van der Waals surface area contributed by atoms with Gasteiger partial charge in [0, 0.05) is 36.5 Å². The molecule has 1 aromatic heterocycles. The van der Waals surface area contributed by atoms with E-state index >= 15 is 0 Å². The second kappa shape index (κ2) is 3.84. The lowest BCUT2D eigenvalue weighted by atomic mass is 9.95. The number of nitrogen functional groups attached to an aromatic ring is 1. The highest BCUT2D eigenvalue weighted by Crippen LogP contribution is 2.15. The van der Waals surface area contributed by atoms with Gasteiger partial charge in [-0.05, 0) is 6.07 Å². The summed E-state index contributed by atoms with van der Waals surface area (Å²) >= 11 is 0. The van der Waals surface area contributed by atoms with Gasteiger partial charge >= 0.3 is 0 Å². The van der Waals surface area contributed by atoms with E-state index in [-0.39, 0.29) is 17.6 Å². The molecule has 4 heteroatoms. The molecule has 1 aromatic rings. The SMILES string of the molecule is CC(C)(CO)Cn1cc(N)ccc1=O. The van der Waals surface area contributed by atoms with Crippen LogP contribution in [0.3, 0.4) is 0 Å². The van der Waals surface area contributed by atoms with Crippen LogP contribution < -0.4 is 11.3 Å². The van der Waals surface area contributed by atoms with Crippen molar-refractivity contribution >= 4 is 5.69 Å². The van der Waals surface area contributed by atoms with Crippen LogP contribution in [0, 0.1) is 5.41 Å². The third kappa shape index (κ3) is 2.60. The van der Waals surface area contributed by atoms with Gasteiger partial charge in [0.1, 0.15) is 0 Å². The van der Waals surface area contributed by atoms with Crippen molar-refractivity contribution in [2.24, 2.45) is 5.41 Å². The first-order valence-electron chi connectivity index (χ1n) is 4.51. The fourth-order valence-corrected chi connectivity index (χ4v) is 1.18. The first-order chi connectivity index (χ1) is 6.44. The number of aromatic nitrogens is 1. The van der Waals surface area contributed by atoms with Crippen LogP contribution in [0.1, 0.15) is 13.8 Å². The summed E-state index contributed by atoms with van der Waals surface area (Å²) in [6, 6.07) is 3.01. The number of nitrogens with zero attached hydrogens (tertiary/aromatic N) is 1. The maximum Gasteiger partial charge on any atom is 0.250 e. The third-order valence-corrected chi connectivity index (χ3v) is 2.03. The fraction of sp³-hybridized carbons (Fsp3) is 0.500. The molecular formula is C10H16N2O2. The summed E-state index contributed by atoms with van der Waals surface area (Å²) in [5, 5.41) is 9.07. The van der Waals surface area contributed by atoms with Crippen molar-refractivity contribution in [2.45, 2.75) is 20.4 Å². The van der Waals surface area contributed by atoms with Gasteiger partial charge < -0.3 is 15.4 Å². The fourth-order valence-electron chi connectivity index (χ4n) is 1.18. The maximum atomic E-state index is 11.4. The molecule has 0 saturated heterocycles. The van der Waals surface area contributed by atoms with Crippen molar-refractivity contribution in [3.05, 3.63) is 28.7 Å². The Morgan fingerprint density at radius 3 is 2.71 bits per heavy atom. The molecule has 0 atom stereocenters. The zero-order valence-corrected chi connectivity index (χ0v) is 8.53. The van der Waals surface area contributed by atoms with Crippen molar-refractivity contribution in [2.75, 3.05) is 12.3 Å². The summed E-state index contributed by atoms with van der Waals surface area (Å²) in [7, 11) is 0. The van der Waals surface area contributed by atoms with Gasteiger partial charge in [-0.1, -0.05) is 13.8 Å². The quantitative estimate of drug-likeness (QED) is 0.737. The molecule has 3 N–H and O–H groups in total. The van der Waals surface area contributed by atoms with E-state index in [1.54, 1.807) is 12.3 Å². The first kappa shape index (κ1) is 10.8. The number of pyridine rings is 1. The van der Waals surface area contributed by atoms with Crippen LogP contribution in [0.4, 0.5) is 5.69 Å². The molecule has 1 rings (SSSR count). The zero-order valence-electron chi connectivity index (χ0n) is 8.53. The van der Waals surface area contributed by atoms with Crippen molar-refractivity contribution in [1.82, 2.24) is 4.57 Å². The molecule has 0 spiro atoms. The Morgan fingerprint density at radius 1 is 1.50 bits per heavy atom. The molecular weight excluding hydrogens is 180 g/mol. The Balaban J connectivity index is 2.97. The smallest absolute Gasteiger partial charge is 0.250 e. The molecule has 0 amide bonds. The van der Waals surface area contributed by atoms with E-state index in [1.807, 2.05) is 13.8 Å². The van der Waals surface area contributed by atoms with E-state index in [0.717, 1.165) is 0 Å². The monoisotopic (exact) mass is 196 g/mol. The van der Waals surface area contributed by atoms with Crippen molar-refractivity contribution in [3.8, 4) is 0 Å². The molecule has 0 aromatic carbocycles. The highest BCUT2D eigenvalue weighted by atomic mass is 16.3. The van der Waals surface area contributed by atoms with E-state index in [2.05, 4.69) is 0 Å². The van der Waals surface area contributed by atoms with Gasteiger partial charge in [0.05, 0.1) is 0 Å². The van der Waals surface area contributed by atoms with Crippen LogP contribution >= 0.6 is 0 Å². The summed E-state index contributed by atoms with van der Waals surface area (Å²) in [5.74, 6) is 0. The Hall–Kier alpha value is -1.29. The van der Waals surface area contributed by atoms with Gasteiger partial charge in [0.25, 0.3) is 5.56 Å². The number of aliphatic hydroxyl groups is 1. The zero-order chi connectivity index (χ0) is 10.8. The summed E-state index contributed by atoms with van der Waals surface area (Å²) in [6.45, 7) is 4.28. The standard InChI is InChI=1S/C10H16N2O2/c1-10(2,7-13)6-12-5-8(11)3-4-9(12)14/h3-5,13H,6-7,11H2,1-2H3. The summed E-state index contributed by atoms with van der Waals surface area (Å²) < 4.78 is 1.52. The van der Waals surface area contributed by atoms with E-state index in [4.69, 9.17) is 10.8 Å². The van der Waals surface area contributed by atoms with E-state index < -0.39 is 0 Å². The largest absolute Gasteiger partial charge is 0.398 e. The van der Waals surface area contributed by atoms with Gasteiger partial charge in [-0.3, -0.25) is 4.79 Å². The molecule has 1 heterocycles. The van der Waals surface area contributed by atoms with Crippen molar-refractivity contribution in [1.29, 1.82) is 0 Å². The van der Waals surface area contributed by atoms with Gasteiger partial charge in [-0.15, -0.1) is 0 Å². The van der Waals surface area contributed by atoms with Crippen LogP contribution in [-0.2, 0) is 6.54 Å². The van der Waals surface area contributed by atoms with Crippen molar-refractivity contribution < 1.29 is 5.11 Å². The predicted molar refractivity (Wildman–Crippen MR) is 56.0 cm³/mol. The second-order valence-electron chi connectivity index (χ2n) is 4.25. The van der Waals surface area contributed by atoms with Crippen LogP contribution in [-0.4, -0.2) is 16.3 Å². The van der Waals surface area contributed by atoms with E-state index in [9.17, 15) is 4.79 Å². The van der Waals surface area contributed by atoms with Crippen LogP contribution in [0.15, 0.2) is 23.1 Å². The van der Waals surface area contributed by atoms with Crippen LogP contribution in [0.5, 0.6) is 0 Å². The lowest BCUT2D eigenvalue weighted by Crippen LogP contribution is -2.30. The first-order valence-corrected chi connectivity index (χ1v) is 4.51. The van der Waals surface area contributed by atoms with Crippen LogP contribution in [0.2, 0.25) is 0 Å². The minimum absolute atomic E-state index is 0.0360. The molecule has 0 aliphatic rings. The molecule has 0 saturated carbocycles. The molecule has 78 valence electrons. The number of anilines is 1. The summed E-state index contributed by atoms with van der Waals surface area (Å²) in [4.78, 5) is 11.4. The topological polar surface area (TPSA) is 68.2 Å². The molecule has 14 heavy (non-hydrogen) atoms. The lowest BCUT2D eigenvalue weighted by molar-refractivity contribution is 0.140. The molecule has 0 radical (unpaired) electrons. The Kier molecular flexibility index (Phi) is 2.96. The molecule has 0 aliphatic heterocycles. The number of hydrogen-bond donors (Lipinski definition) is 2. The second-order valence-corrected chi connectivity index (χ2v) is 4.25. The Morgan fingerprint density at radius 2 is 2.14 bits per heavy atom. The Bertz CT molecular complexity index is 369. The lowest BCUT2D eigenvalue weighted by Gasteiger charge is -2.22. The molecule has 0 bridgehead atoms. The number of aliphatic hydroxyl groups excluding tert-OH is 1. The minimum atomic E-state index is -0.308. The highest BCUT2D eigenvalue weighted by Gasteiger charge is 2.17. The third-order valence-electron chi connectivity index (χ3n) is 2.03. The number of rotatable bonds is 3. The molecule has 0 fully saturated rings. The number of nitrogens with two attached hydrogens (primary N) is 1. The van der Waals surface area contributed by atoms with Gasteiger partial charge in [-0.25, -0.2) is 0 Å². The van der Waals surface area contributed by atoms with E-state index in [1.165, 1.54) is 10.6 Å². The normalized spacial score (nSPS) is 11.6. The highest BCUT2D eigenvalue weighted by molar-refractivity contribution is 5.33. The van der Waals surface area contributed by atoms with E-state index in [0.29, 0.717) is 12.2 Å². The summed E-state index contributed by atoms with van der Waals surface area (Å²) in [5.41, 5.74) is 5.72. The Labute approximate surface area is 83.0 Å². The van der Waals surface area contributed by atoms with Gasteiger partial charge in [0.2, 0.25) is 0 Å². The molecule has 4 nitrogen and oxygen atoms in total. The molecule has 0 aliphatic carbocycles. The average Bonchev–Trinajstić information content (AvgIpc) is 2.11. The van der Waals surface area contributed by atoms with Crippen molar-refractivity contribution in [3.63, 3.8) is 0 Å². The summed E-state index contributed by atoms with van der Waals surface area (Å²) in [6.07, 6.45) is 1.60. The van der Waals surface area contributed by atoms with Crippen LogP contribution in [0.25, 0.3) is 0 Å².